The second-order valence-electron chi connectivity index (χ2n) is 7.83. The molecule has 0 spiro atoms. The minimum atomic E-state index is -1.10. The number of rotatable bonds is 11. The topological polar surface area (TPSA) is 137 Å². The van der Waals surface area contributed by atoms with Gasteiger partial charge in [0.25, 0.3) is 0 Å². The number of aliphatic carboxylic acids is 1. The van der Waals surface area contributed by atoms with Crippen LogP contribution in [0.2, 0.25) is 0 Å². The summed E-state index contributed by atoms with van der Waals surface area (Å²) in [6.45, 7) is 7.96. The average Bonchev–Trinajstić information content (AvgIpc) is 3.16. The van der Waals surface area contributed by atoms with Crippen LogP contribution in [0, 0.1) is 11.8 Å². The van der Waals surface area contributed by atoms with Crippen molar-refractivity contribution in [2.24, 2.45) is 11.8 Å². The summed E-state index contributed by atoms with van der Waals surface area (Å²) in [5.41, 5.74) is 0. The Labute approximate surface area is 166 Å². The third-order valence-corrected chi connectivity index (χ3v) is 4.94. The Balaban J connectivity index is 2.64. The highest BCUT2D eigenvalue weighted by atomic mass is 16.4. The van der Waals surface area contributed by atoms with Crippen LogP contribution in [0.3, 0.4) is 0 Å². The van der Waals surface area contributed by atoms with Crippen LogP contribution in [0.1, 0.15) is 53.4 Å². The molecule has 9 heteroatoms. The quantitative estimate of drug-likeness (QED) is 0.332. The van der Waals surface area contributed by atoms with E-state index in [4.69, 9.17) is 0 Å². The molecule has 1 saturated heterocycles. The van der Waals surface area contributed by atoms with E-state index in [1.54, 1.807) is 6.92 Å². The number of nitrogens with one attached hydrogen (secondary N) is 4. The van der Waals surface area contributed by atoms with Crippen molar-refractivity contribution in [1.29, 1.82) is 0 Å². The van der Waals surface area contributed by atoms with E-state index in [-0.39, 0.29) is 30.3 Å². The minimum absolute atomic E-state index is 0.111. The molecular weight excluding hydrogens is 364 g/mol. The van der Waals surface area contributed by atoms with E-state index in [1.807, 2.05) is 20.8 Å². The van der Waals surface area contributed by atoms with E-state index in [0.717, 1.165) is 19.4 Å². The summed E-state index contributed by atoms with van der Waals surface area (Å²) in [6, 6.07) is -2.16. The summed E-state index contributed by atoms with van der Waals surface area (Å²) < 4.78 is 0. The van der Waals surface area contributed by atoms with Gasteiger partial charge >= 0.3 is 5.97 Å². The van der Waals surface area contributed by atoms with Crippen LogP contribution in [0.5, 0.6) is 0 Å². The first-order valence-corrected chi connectivity index (χ1v) is 9.99. The van der Waals surface area contributed by atoms with Crippen LogP contribution in [-0.2, 0) is 19.2 Å². The number of carboxylic acids is 1. The van der Waals surface area contributed by atoms with E-state index < -0.39 is 29.9 Å². The molecule has 5 N–H and O–H groups in total. The van der Waals surface area contributed by atoms with Crippen molar-refractivity contribution in [1.82, 2.24) is 21.3 Å². The first kappa shape index (κ1) is 23.9. The van der Waals surface area contributed by atoms with Crippen LogP contribution < -0.4 is 21.3 Å². The van der Waals surface area contributed by atoms with Crippen LogP contribution in [0.15, 0.2) is 0 Å². The molecule has 3 amide bonds. The highest BCUT2D eigenvalue weighted by molar-refractivity contribution is 5.92. The summed E-state index contributed by atoms with van der Waals surface area (Å²) in [5.74, 6) is -2.48. The van der Waals surface area contributed by atoms with Gasteiger partial charge in [-0.2, -0.15) is 0 Å². The highest BCUT2D eigenvalue weighted by Crippen LogP contribution is 2.10. The van der Waals surface area contributed by atoms with Crippen molar-refractivity contribution in [3.8, 4) is 0 Å². The summed E-state index contributed by atoms with van der Waals surface area (Å²) in [7, 11) is 0. The predicted molar refractivity (Wildman–Crippen MR) is 104 cm³/mol. The van der Waals surface area contributed by atoms with Gasteiger partial charge in [0, 0.05) is 0 Å². The van der Waals surface area contributed by atoms with Crippen molar-refractivity contribution in [2.75, 3.05) is 13.1 Å². The molecule has 4 atom stereocenters. The number of carbonyl (C=O) groups excluding carboxylic acids is 3. The van der Waals surface area contributed by atoms with Crippen molar-refractivity contribution in [2.45, 2.75) is 71.5 Å². The summed E-state index contributed by atoms with van der Waals surface area (Å²) in [5, 5.41) is 20.1. The molecule has 0 saturated carbocycles. The fraction of sp³-hybridized carbons (Fsp3) is 0.789. The number of carboxylic acid groups (broad SMARTS) is 1. The Bertz CT molecular complexity index is 561. The highest BCUT2D eigenvalue weighted by Gasteiger charge is 2.30. The van der Waals surface area contributed by atoms with E-state index in [1.165, 1.54) is 0 Å². The molecule has 0 bridgehead atoms. The molecule has 9 nitrogen and oxygen atoms in total. The first-order valence-electron chi connectivity index (χ1n) is 9.99. The maximum atomic E-state index is 12.6. The molecule has 0 radical (unpaired) electrons. The largest absolute Gasteiger partial charge is 0.480 e. The number of hydrogen-bond donors (Lipinski definition) is 5. The number of hydrogen-bond acceptors (Lipinski definition) is 5. The molecule has 1 aliphatic rings. The molecule has 1 rings (SSSR count). The fourth-order valence-electron chi connectivity index (χ4n) is 3.08. The van der Waals surface area contributed by atoms with Crippen LogP contribution >= 0.6 is 0 Å². The van der Waals surface area contributed by atoms with Crippen LogP contribution in [0.25, 0.3) is 0 Å². The van der Waals surface area contributed by atoms with Gasteiger partial charge in [0.15, 0.2) is 0 Å². The maximum absolute atomic E-state index is 12.6. The standard InChI is InChI=1S/C19H34N4O5/c1-5-12(4)16(19(27)28)23-18(26)14(9-11(2)3)22-15(24)10-21-17(25)13-7-6-8-20-13/h11-14,16,20H,5-10H2,1-4H3,(H,21,25)(H,22,24)(H,23,26)(H,27,28). The normalized spacial score (nSPS) is 19.5. The lowest BCUT2D eigenvalue weighted by molar-refractivity contribution is -0.143. The van der Waals surface area contributed by atoms with Gasteiger partial charge < -0.3 is 26.4 Å². The third kappa shape index (κ3) is 7.84. The Morgan fingerprint density at radius 3 is 2.32 bits per heavy atom. The molecule has 0 aliphatic carbocycles. The van der Waals surface area contributed by atoms with Gasteiger partial charge in [0.1, 0.15) is 12.1 Å². The van der Waals surface area contributed by atoms with Crippen molar-refractivity contribution in [3.05, 3.63) is 0 Å². The molecule has 0 aromatic rings. The van der Waals surface area contributed by atoms with Gasteiger partial charge in [0.2, 0.25) is 17.7 Å². The SMILES string of the molecule is CCC(C)C(NC(=O)C(CC(C)C)NC(=O)CNC(=O)C1CCCN1)C(=O)O. The van der Waals surface area contributed by atoms with Crippen molar-refractivity contribution >= 4 is 23.7 Å². The Morgan fingerprint density at radius 2 is 1.82 bits per heavy atom. The maximum Gasteiger partial charge on any atom is 0.326 e. The number of amides is 3. The van der Waals surface area contributed by atoms with Gasteiger partial charge in [-0.3, -0.25) is 14.4 Å². The lowest BCUT2D eigenvalue weighted by atomic mass is 9.97. The zero-order valence-corrected chi connectivity index (χ0v) is 17.2. The van der Waals surface area contributed by atoms with Crippen molar-refractivity contribution in [3.63, 3.8) is 0 Å². The second-order valence-corrected chi connectivity index (χ2v) is 7.83. The first-order chi connectivity index (χ1) is 13.1. The number of carbonyl (C=O) groups is 4. The molecule has 160 valence electrons. The summed E-state index contributed by atoms with van der Waals surface area (Å²) in [4.78, 5) is 48.3. The van der Waals surface area contributed by atoms with Gasteiger partial charge in [-0.1, -0.05) is 34.1 Å². The minimum Gasteiger partial charge on any atom is -0.480 e. The predicted octanol–water partition coefficient (Wildman–Crippen LogP) is 0.00100. The Kier molecular flexibility index (Phi) is 9.92. The van der Waals surface area contributed by atoms with Gasteiger partial charge in [-0.25, -0.2) is 4.79 Å². The molecule has 28 heavy (non-hydrogen) atoms. The van der Waals surface area contributed by atoms with E-state index in [0.29, 0.717) is 12.8 Å². The molecule has 1 heterocycles. The summed E-state index contributed by atoms with van der Waals surface area (Å²) >= 11 is 0. The molecular formula is C19H34N4O5. The van der Waals surface area contributed by atoms with Gasteiger partial charge in [-0.05, 0) is 37.6 Å². The molecule has 0 aromatic carbocycles. The van der Waals surface area contributed by atoms with Crippen LogP contribution in [0.4, 0.5) is 0 Å². The monoisotopic (exact) mass is 398 g/mol. The lowest BCUT2D eigenvalue weighted by Crippen LogP contribution is -2.55. The van der Waals surface area contributed by atoms with Gasteiger partial charge in [0.05, 0.1) is 12.6 Å². The van der Waals surface area contributed by atoms with Crippen LogP contribution in [-0.4, -0.2) is 60.0 Å². The lowest BCUT2D eigenvalue weighted by Gasteiger charge is -2.25. The summed E-state index contributed by atoms with van der Waals surface area (Å²) in [6.07, 6.45) is 2.61. The smallest absolute Gasteiger partial charge is 0.326 e. The molecule has 0 aromatic heterocycles. The Morgan fingerprint density at radius 1 is 1.14 bits per heavy atom. The molecule has 4 unspecified atom stereocenters. The molecule has 1 fully saturated rings. The van der Waals surface area contributed by atoms with E-state index in [9.17, 15) is 24.3 Å². The van der Waals surface area contributed by atoms with Gasteiger partial charge in [-0.15, -0.1) is 0 Å². The van der Waals surface area contributed by atoms with E-state index in [2.05, 4.69) is 21.3 Å². The molecule has 1 aliphatic heterocycles. The zero-order valence-electron chi connectivity index (χ0n) is 17.2. The third-order valence-electron chi connectivity index (χ3n) is 4.94. The zero-order chi connectivity index (χ0) is 21.3. The van der Waals surface area contributed by atoms with E-state index >= 15 is 0 Å². The Hall–Kier alpha value is -2.16. The van der Waals surface area contributed by atoms with Crippen molar-refractivity contribution < 1.29 is 24.3 Å². The fourth-order valence-corrected chi connectivity index (χ4v) is 3.08. The average molecular weight is 399 g/mol. The second kappa shape index (κ2) is 11.6.